The number of carbonyl (C=O) groups is 1. The monoisotopic (exact) mass is 458 g/mol. The van der Waals surface area contributed by atoms with Gasteiger partial charge in [-0.25, -0.2) is 22.7 Å². The summed E-state index contributed by atoms with van der Waals surface area (Å²) in [5.41, 5.74) is 7.65. The Morgan fingerprint density at radius 1 is 1.12 bits per heavy atom. The number of aryl methyl sites for hydroxylation is 1. The van der Waals surface area contributed by atoms with Gasteiger partial charge in [-0.2, -0.15) is 5.10 Å². The lowest BCUT2D eigenvalue weighted by Gasteiger charge is -2.34. The van der Waals surface area contributed by atoms with Crippen molar-refractivity contribution in [3.8, 4) is 0 Å². The molecule has 2 aromatic heterocycles. The number of hydrogen-bond acceptors (Lipinski definition) is 5. The second-order valence-corrected chi connectivity index (χ2v) is 8.87. The summed E-state index contributed by atoms with van der Waals surface area (Å²) in [4.78, 5) is 21.5. The molecule has 5 rings (SSSR count). The van der Waals surface area contributed by atoms with E-state index in [0.29, 0.717) is 36.8 Å². The van der Waals surface area contributed by atoms with E-state index in [1.54, 1.807) is 4.52 Å². The molecule has 3 aromatic rings. The van der Waals surface area contributed by atoms with Gasteiger partial charge in [-0.3, -0.25) is 4.79 Å². The molecular formula is C23H25F3N6O. The van der Waals surface area contributed by atoms with E-state index >= 15 is 0 Å². The van der Waals surface area contributed by atoms with E-state index in [2.05, 4.69) is 10.00 Å². The third-order valence-electron chi connectivity index (χ3n) is 6.48. The number of likely N-dealkylation sites (tertiary alicyclic amines) is 1. The molecule has 2 unspecified atom stereocenters. The number of amides is 1. The maximum absolute atomic E-state index is 14.3. The number of nitrogens with two attached hydrogens (primary N) is 1. The first kappa shape index (κ1) is 21.7. The number of rotatable bonds is 3. The zero-order valence-electron chi connectivity index (χ0n) is 18.3. The minimum atomic E-state index is -1.38. The van der Waals surface area contributed by atoms with E-state index in [-0.39, 0.29) is 6.04 Å². The lowest BCUT2D eigenvalue weighted by molar-refractivity contribution is 0.0599. The van der Waals surface area contributed by atoms with Crippen LogP contribution in [0.15, 0.2) is 24.4 Å². The molecule has 2 atom stereocenters. The van der Waals surface area contributed by atoms with Crippen LogP contribution in [0.5, 0.6) is 0 Å². The Morgan fingerprint density at radius 3 is 2.70 bits per heavy atom. The van der Waals surface area contributed by atoms with E-state index in [9.17, 15) is 18.0 Å². The molecule has 0 saturated carbocycles. The van der Waals surface area contributed by atoms with Crippen molar-refractivity contribution in [2.45, 2.75) is 44.7 Å². The predicted octanol–water partition coefficient (Wildman–Crippen LogP) is 3.36. The summed E-state index contributed by atoms with van der Waals surface area (Å²) in [6.07, 6.45) is 4.98. The van der Waals surface area contributed by atoms with Crippen molar-refractivity contribution in [3.05, 3.63) is 58.7 Å². The number of benzene rings is 1. The molecule has 0 bridgehead atoms. The lowest BCUT2D eigenvalue weighted by Crippen LogP contribution is -2.39. The molecule has 2 aliphatic heterocycles. The number of fused-ring (bicyclic) bond motifs is 1. The highest BCUT2D eigenvalue weighted by molar-refractivity contribution is 5.95. The fourth-order valence-corrected chi connectivity index (χ4v) is 4.83. The van der Waals surface area contributed by atoms with Crippen molar-refractivity contribution in [2.75, 3.05) is 24.5 Å². The average Bonchev–Trinajstić information content (AvgIpc) is 3.40. The maximum Gasteiger partial charge on any atom is 0.257 e. The Balaban J connectivity index is 1.49. The Hall–Kier alpha value is -3.14. The van der Waals surface area contributed by atoms with Crippen LogP contribution in [0.1, 0.15) is 53.3 Å². The van der Waals surface area contributed by atoms with Crippen LogP contribution in [-0.2, 0) is 0 Å². The van der Waals surface area contributed by atoms with Gasteiger partial charge in [0.2, 0.25) is 0 Å². The van der Waals surface area contributed by atoms with Gasteiger partial charge in [-0.05, 0) is 38.7 Å². The zero-order chi connectivity index (χ0) is 23.3. The van der Waals surface area contributed by atoms with E-state index in [0.717, 1.165) is 43.4 Å². The third kappa shape index (κ3) is 3.92. The highest BCUT2D eigenvalue weighted by atomic mass is 19.2. The van der Waals surface area contributed by atoms with Gasteiger partial charge in [0.15, 0.2) is 17.3 Å². The Morgan fingerprint density at radius 2 is 1.94 bits per heavy atom. The van der Waals surface area contributed by atoms with Crippen molar-refractivity contribution >= 4 is 17.4 Å². The normalized spacial score (nSPS) is 21.2. The molecule has 1 aromatic carbocycles. The third-order valence-corrected chi connectivity index (χ3v) is 6.48. The highest BCUT2D eigenvalue weighted by Gasteiger charge is 2.33. The van der Waals surface area contributed by atoms with Crippen LogP contribution in [0.3, 0.4) is 0 Å². The Bertz CT molecular complexity index is 1230. The molecule has 33 heavy (non-hydrogen) atoms. The van der Waals surface area contributed by atoms with Crippen LogP contribution in [0.2, 0.25) is 0 Å². The average molecular weight is 458 g/mol. The van der Waals surface area contributed by atoms with Gasteiger partial charge in [0.05, 0.1) is 17.3 Å². The number of piperidine rings is 1. The molecule has 1 amide bonds. The quantitative estimate of drug-likeness (QED) is 0.609. The van der Waals surface area contributed by atoms with Gasteiger partial charge in [0.25, 0.3) is 5.91 Å². The minimum Gasteiger partial charge on any atom is -0.355 e. The highest BCUT2D eigenvalue weighted by Crippen LogP contribution is 2.33. The van der Waals surface area contributed by atoms with E-state index in [1.165, 1.54) is 4.90 Å². The fourth-order valence-electron chi connectivity index (χ4n) is 4.83. The summed E-state index contributed by atoms with van der Waals surface area (Å²) in [7, 11) is 0. The van der Waals surface area contributed by atoms with Crippen LogP contribution in [0.25, 0.3) is 5.65 Å². The van der Waals surface area contributed by atoms with E-state index < -0.39 is 35.0 Å². The summed E-state index contributed by atoms with van der Waals surface area (Å²) in [5, 5.41) is 4.64. The summed E-state index contributed by atoms with van der Waals surface area (Å²) in [6.45, 7) is 3.89. The van der Waals surface area contributed by atoms with Crippen LogP contribution in [-0.4, -0.2) is 51.1 Å². The summed E-state index contributed by atoms with van der Waals surface area (Å²) in [6, 6.07) is 2.67. The summed E-state index contributed by atoms with van der Waals surface area (Å²) >= 11 is 0. The van der Waals surface area contributed by atoms with E-state index in [4.69, 9.17) is 10.7 Å². The zero-order valence-corrected chi connectivity index (χ0v) is 18.3. The second-order valence-electron chi connectivity index (χ2n) is 8.87. The number of carbonyl (C=O) groups excluding carboxylic acids is 1. The molecule has 0 radical (unpaired) electrons. The van der Waals surface area contributed by atoms with Crippen LogP contribution >= 0.6 is 0 Å². The first-order valence-corrected chi connectivity index (χ1v) is 11.1. The molecule has 2 fully saturated rings. The van der Waals surface area contributed by atoms with Crippen molar-refractivity contribution in [1.29, 1.82) is 0 Å². The second kappa shape index (κ2) is 8.33. The Labute approximate surface area is 189 Å². The molecule has 10 heteroatoms. The molecule has 4 heterocycles. The molecule has 174 valence electrons. The summed E-state index contributed by atoms with van der Waals surface area (Å²) < 4.78 is 43.4. The van der Waals surface area contributed by atoms with Crippen molar-refractivity contribution in [2.24, 2.45) is 5.73 Å². The fraction of sp³-hybridized carbons (Fsp3) is 0.435. The first-order valence-electron chi connectivity index (χ1n) is 11.1. The van der Waals surface area contributed by atoms with Crippen LogP contribution < -0.4 is 10.6 Å². The minimum absolute atomic E-state index is 0.123. The van der Waals surface area contributed by atoms with Gasteiger partial charge in [-0.1, -0.05) is 0 Å². The van der Waals surface area contributed by atoms with Crippen molar-refractivity contribution < 1.29 is 18.0 Å². The Kier molecular flexibility index (Phi) is 5.48. The number of nitrogens with zero attached hydrogens (tertiary/aromatic N) is 5. The largest absolute Gasteiger partial charge is 0.355 e. The number of halogens is 3. The molecule has 7 nitrogen and oxygen atoms in total. The predicted molar refractivity (Wildman–Crippen MR) is 116 cm³/mol. The van der Waals surface area contributed by atoms with Crippen LogP contribution in [0.4, 0.5) is 19.0 Å². The molecule has 2 N–H and O–H groups in total. The maximum atomic E-state index is 14.3. The first-order chi connectivity index (χ1) is 15.8. The van der Waals surface area contributed by atoms with E-state index in [1.807, 2.05) is 19.2 Å². The summed E-state index contributed by atoms with van der Waals surface area (Å²) in [5.74, 6) is -3.60. The van der Waals surface area contributed by atoms with Gasteiger partial charge in [0.1, 0.15) is 11.6 Å². The number of anilines is 1. The molecule has 0 aliphatic carbocycles. The molecule has 0 spiro atoms. The number of aromatic nitrogens is 3. The van der Waals surface area contributed by atoms with Gasteiger partial charge in [-0.15, -0.1) is 0 Å². The molecule has 2 aliphatic rings. The standard InChI is InChI=1S/C23H25F3N6O/c1-13-11-32-20(28-22(13)30-7-5-15(27)12-30)10-18(29-32)19-4-2-3-6-31(19)23(33)16-8-14(24)9-17(25)21(16)26/h8-11,15,19H,2-7,12,27H2,1H3. The van der Waals surface area contributed by atoms with Crippen molar-refractivity contribution in [1.82, 2.24) is 19.5 Å². The topological polar surface area (TPSA) is 79.8 Å². The van der Waals surface area contributed by atoms with Gasteiger partial charge < -0.3 is 15.5 Å². The number of hydrogen-bond donors (Lipinski definition) is 1. The molecular weight excluding hydrogens is 433 g/mol. The SMILES string of the molecule is Cc1cn2nc(C3CCCCN3C(=O)c3cc(F)cc(F)c3F)cc2nc1N1CCC(N)C1. The van der Waals surface area contributed by atoms with Gasteiger partial charge in [0, 0.05) is 49.6 Å². The molecule has 2 saturated heterocycles. The van der Waals surface area contributed by atoms with Crippen molar-refractivity contribution in [3.63, 3.8) is 0 Å². The van der Waals surface area contributed by atoms with Crippen LogP contribution in [0, 0.1) is 24.4 Å². The lowest BCUT2D eigenvalue weighted by atomic mass is 9.98. The van der Waals surface area contributed by atoms with Gasteiger partial charge >= 0.3 is 0 Å². The smallest absolute Gasteiger partial charge is 0.257 e.